The van der Waals surface area contributed by atoms with E-state index in [1.807, 2.05) is 0 Å². The van der Waals surface area contributed by atoms with Crippen LogP contribution in [0.4, 0.5) is 0 Å². The van der Waals surface area contributed by atoms with E-state index in [9.17, 15) is 14.4 Å². The Morgan fingerprint density at radius 2 is 0.481 bits per heavy atom. The lowest BCUT2D eigenvalue weighted by Gasteiger charge is -2.18. The van der Waals surface area contributed by atoms with Crippen LogP contribution in [0.25, 0.3) is 0 Å². The number of unbranched alkanes of at least 4 members (excludes halogenated alkanes) is 27. The molecule has 0 spiro atoms. The van der Waals surface area contributed by atoms with Crippen molar-refractivity contribution >= 4 is 17.9 Å². The van der Waals surface area contributed by atoms with Gasteiger partial charge in [0.2, 0.25) is 0 Å². The third-order valence-electron chi connectivity index (χ3n) is 14.1. The Balaban J connectivity index is 4.17. The summed E-state index contributed by atoms with van der Waals surface area (Å²) >= 11 is 0. The minimum absolute atomic E-state index is 0.0850. The Morgan fingerprint density at radius 1 is 0.259 bits per heavy atom. The van der Waals surface area contributed by atoms with Crippen molar-refractivity contribution in [2.24, 2.45) is 0 Å². The first-order valence-electron chi connectivity index (χ1n) is 33.7. The van der Waals surface area contributed by atoms with Gasteiger partial charge >= 0.3 is 17.9 Å². The smallest absolute Gasteiger partial charge is 0.306 e. The molecule has 0 radical (unpaired) electrons. The molecule has 0 saturated heterocycles. The molecule has 0 rings (SSSR count). The molecule has 0 heterocycles. The molecule has 0 aromatic heterocycles. The van der Waals surface area contributed by atoms with E-state index in [4.69, 9.17) is 14.2 Å². The van der Waals surface area contributed by atoms with Crippen molar-refractivity contribution in [2.75, 3.05) is 13.2 Å². The molecule has 0 fully saturated rings. The van der Waals surface area contributed by atoms with Crippen molar-refractivity contribution in [3.05, 3.63) is 134 Å². The summed E-state index contributed by atoms with van der Waals surface area (Å²) in [6.07, 6.45) is 96.3. The summed E-state index contributed by atoms with van der Waals surface area (Å²) in [7, 11) is 0. The van der Waals surface area contributed by atoms with Crippen LogP contribution in [0.1, 0.15) is 303 Å². The van der Waals surface area contributed by atoms with Crippen molar-refractivity contribution in [3.63, 3.8) is 0 Å². The predicted octanol–water partition coefficient (Wildman–Crippen LogP) is 23.3. The van der Waals surface area contributed by atoms with Crippen molar-refractivity contribution in [1.82, 2.24) is 0 Å². The summed E-state index contributed by atoms with van der Waals surface area (Å²) in [5.41, 5.74) is 0. The second-order valence-electron chi connectivity index (χ2n) is 22.0. The Morgan fingerprint density at radius 3 is 0.753 bits per heavy atom. The Labute approximate surface area is 500 Å². The highest BCUT2D eigenvalue weighted by molar-refractivity contribution is 5.71. The maximum Gasteiger partial charge on any atom is 0.306 e. The van der Waals surface area contributed by atoms with Gasteiger partial charge in [-0.05, 0) is 122 Å². The number of allylic oxidation sites excluding steroid dienone is 22. The van der Waals surface area contributed by atoms with E-state index in [0.29, 0.717) is 19.3 Å². The molecular formula is C75H124O6. The van der Waals surface area contributed by atoms with Gasteiger partial charge in [0.25, 0.3) is 0 Å². The fourth-order valence-corrected chi connectivity index (χ4v) is 9.11. The first-order valence-corrected chi connectivity index (χ1v) is 33.7. The van der Waals surface area contributed by atoms with E-state index in [2.05, 4.69) is 154 Å². The first kappa shape index (κ1) is 76.5. The number of hydrogen-bond acceptors (Lipinski definition) is 6. The number of rotatable bonds is 60. The third-order valence-corrected chi connectivity index (χ3v) is 14.1. The molecule has 0 amide bonds. The topological polar surface area (TPSA) is 78.9 Å². The second-order valence-corrected chi connectivity index (χ2v) is 22.0. The molecule has 6 nitrogen and oxygen atoms in total. The Kier molecular flexibility index (Phi) is 64.3. The normalized spacial score (nSPS) is 13.0. The minimum atomic E-state index is -0.787. The number of ether oxygens (including phenoxy) is 3. The van der Waals surface area contributed by atoms with Gasteiger partial charge in [0.1, 0.15) is 13.2 Å². The molecule has 0 saturated carbocycles. The standard InChI is InChI=1S/C75H124O6/c1-4-7-10-13-16-18-20-22-24-26-28-30-32-33-34-35-36-37-38-39-40-41-43-44-46-48-50-52-54-56-59-62-65-68-74(77)80-71-72(70-79-73(76)67-64-61-58-15-12-9-6-3)81-75(78)69-66-63-60-57-55-53-51-49-47-45-42-31-29-27-25-23-21-19-17-14-11-8-5-2/h7,10,16,18,21-24,27-30,33-34,36-37,39-40,42-45,72H,4-6,8-9,11-15,17,19-20,25-26,31-32,35,38,41,46-71H2,1-3H3/b10-7-,18-16-,23-21-,24-22-,29-27-,30-28-,34-33-,37-36-,40-39-,44-43-,45-42-. The van der Waals surface area contributed by atoms with Crippen LogP contribution in [0.2, 0.25) is 0 Å². The van der Waals surface area contributed by atoms with Crippen LogP contribution in [0.15, 0.2) is 134 Å². The van der Waals surface area contributed by atoms with Crippen molar-refractivity contribution in [2.45, 2.75) is 309 Å². The van der Waals surface area contributed by atoms with Crippen LogP contribution >= 0.6 is 0 Å². The zero-order valence-corrected chi connectivity index (χ0v) is 52.8. The highest BCUT2D eigenvalue weighted by Crippen LogP contribution is 2.15. The molecule has 1 unspecified atom stereocenters. The molecular weight excluding hydrogens is 997 g/mol. The Bertz CT molecular complexity index is 1720. The third kappa shape index (κ3) is 66.2. The summed E-state index contributed by atoms with van der Waals surface area (Å²) in [6.45, 7) is 6.47. The van der Waals surface area contributed by atoms with Crippen LogP contribution in [0, 0.1) is 0 Å². The van der Waals surface area contributed by atoms with Gasteiger partial charge in [-0.1, -0.05) is 296 Å². The summed E-state index contributed by atoms with van der Waals surface area (Å²) in [5, 5.41) is 0. The molecule has 0 aliphatic carbocycles. The fourth-order valence-electron chi connectivity index (χ4n) is 9.11. The van der Waals surface area contributed by atoms with E-state index in [-0.39, 0.29) is 31.1 Å². The van der Waals surface area contributed by atoms with E-state index in [1.165, 1.54) is 128 Å². The van der Waals surface area contributed by atoms with Crippen LogP contribution in [-0.4, -0.2) is 37.2 Å². The maximum atomic E-state index is 12.9. The lowest BCUT2D eigenvalue weighted by molar-refractivity contribution is -0.167. The number of hydrogen-bond donors (Lipinski definition) is 0. The van der Waals surface area contributed by atoms with Gasteiger partial charge in [0, 0.05) is 19.3 Å². The van der Waals surface area contributed by atoms with Crippen LogP contribution in [0.5, 0.6) is 0 Å². The maximum absolute atomic E-state index is 12.9. The largest absolute Gasteiger partial charge is 0.462 e. The number of carbonyl (C=O) groups excluding carboxylic acids is 3. The molecule has 6 heteroatoms. The van der Waals surface area contributed by atoms with Crippen LogP contribution in [0.3, 0.4) is 0 Å². The van der Waals surface area contributed by atoms with Crippen molar-refractivity contribution in [1.29, 1.82) is 0 Å². The van der Waals surface area contributed by atoms with Gasteiger partial charge in [-0.2, -0.15) is 0 Å². The monoisotopic (exact) mass is 1120 g/mol. The number of carbonyl (C=O) groups is 3. The van der Waals surface area contributed by atoms with Gasteiger partial charge in [0.05, 0.1) is 0 Å². The number of esters is 3. The van der Waals surface area contributed by atoms with E-state index >= 15 is 0 Å². The van der Waals surface area contributed by atoms with Crippen LogP contribution < -0.4 is 0 Å². The van der Waals surface area contributed by atoms with E-state index in [1.54, 1.807) is 0 Å². The fraction of sp³-hybridized carbons (Fsp3) is 0.667. The zero-order valence-electron chi connectivity index (χ0n) is 52.8. The molecule has 0 aromatic carbocycles. The molecule has 0 bridgehead atoms. The van der Waals surface area contributed by atoms with E-state index < -0.39 is 6.10 Å². The molecule has 0 aromatic rings. The highest BCUT2D eigenvalue weighted by Gasteiger charge is 2.19. The minimum Gasteiger partial charge on any atom is -0.462 e. The van der Waals surface area contributed by atoms with Gasteiger partial charge in [-0.25, -0.2) is 0 Å². The van der Waals surface area contributed by atoms with Crippen molar-refractivity contribution < 1.29 is 28.6 Å². The summed E-state index contributed by atoms with van der Waals surface area (Å²) < 4.78 is 16.8. The lowest BCUT2D eigenvalue weighted by Crippen LogP contribution is -2.30. The molecule has 81 heavy (non-hydrogen) atoms. The van der Waals surface area contributed by atoms with Crippen molar-refractivity contribution in [3.8, 4) is 0 Å². The SMILES string of the molecule is CC/C=C\C/C=C\C/C=C\C/C=C\C/C=C\C/C=C\C/C=C\C/C=C\CCCCCCCCCCC(=O)OCC(COC(=O)CCCCCCCCC)OC(=O)CCCCCCCCCC/C=C\C/C=C\C/C=C\CCCCCCC. The second kappa shape index (κ2) is 68.1. The average molecular weight is 1120 g/mol. The lowest BCUT2D eigenvalue weighted by atomic mass is 10.1. The summed E-state index contributed by atoms with van der Waals surface area (Å²) in [4.78, 5) is 38.1. The summed E-state index contributed by atoms with van der Waals surface area (Å²) in [6, 6.07) is 0. The van der Waals surface area contributed by atoms with Gasteiger partial charge in [0.15, 0.2) is 6.10 Å². The predicted molar refractivity (Wildman–Crippen MR) is 353 cm³/mol. The van der Waals surface area contributed by atoms with Gasteiger partial charge < -0.3 is 14.2 Å². The molecule has 1 atom stereocenters. The Hall–Kier alpha value is -4.45. The molecule has 0 aliphatic heterocycles. The summed E-state index contributed by atoms with van der Waals surface area (Å²) in [5.74, 6) is -0.904. The van der Waals surface area contributed by atoms with Gasteiger partial charge in [-0.15, -0.1) is 0 Å². The highest BCUT2D eigenvalue weighted by atomic mass is 16.6. The average Bonchev–Trinajstić information content (AvgIpc) is 3.47. The molecule has 0 aliphatic rings. The van der Waals surface area contributed by atoms with E-state index in [0.717, 1.165) is 135 Å². The molecule has 0 N–H and O–H groups in total. The first-order chi connectivity index (χ1) is 40.0. The van der Waals surface area contributed by atoms with Gasteiger partial charge in [-0.3, -0.25) is 14.4 Å². The molecule has 460 valence electrons. The zero-order chi connectivity index (χ0) is 58.5. The quantitative estimate of drug-likeness (QED) is 0.0261. The van der Waals surface area contributed by atoms with Crippen LogP contribution in [-0.2, 0) is 28.6 Å².